The minimum absolute atomic E-state index is 0.138. The number of rotatable bonds is 7. The zero-order valence-electron chi connectivity index (χ0n) is 15.7. The molecule has 0 N–H and O–H groups in total. The van der Waals surface area contributed by atoms with Crippen molar-refractivity contribution in [2.75, 3.05) is 39.0 Å². The van der Waals surface area contributed by atoms with Crippen molar-refractivity contribution in [2.24, 2.45) is 0 Å². The number of thioether (sulfide) groups is 1. The van der Waals surface area contributed by atoms with E-state index in [2.05, 4.69) is 26.8 Å². The summed E-state index contributed by atoms with van der Waals surface area (Å²) in [7, 11) is -2.24. The molecule has 1 saturated heterocycles. The number of esters is 1. The lowest BCUT2D eigenvalue weighted by Crippen LogP contribution is -2.48. The molecule has 2 heterocycles. The van der Waals surface area contributed by atoms with Crippen LogP contribution in [0.2, 0.25) is 0 Å². The highest BCUT2D eigenvalue weighted by atomic mass is 32.2. The molecule has 0 unspecified atom stereocenters. The monoisotopic (exact) mass is 421 g/mol. The van der Waals surface area contributed by atoms with Gasteiger partial charge in [-0.3, -0.25) is 9.69 Å². The van der Waals surface area contributed by atoms with Crippen LogP contribution in [0.5, 0.6) is 0 Å². The van der Waals surface area contributed by atoms with Crippen molar-refractivity contribution in [3.63, 3.8) is 0 Å². The van der Waals surface area contributed by atoms with E-state index in [0.717, 1.165) is 6.54 Å². The van der Waals surface area contributed by atoms with Gasteiger partial charge in [0.1, 0.15) is 4.90 Å². The molecule has 0 radical (unpaired) electrons. The second-order valence-electron chi connectivity index (χ2n) is 6.36. The summed E-state index contributed by atoms with van der Waals surface area (Å²) in [4.78, 5) is 17.8. The number of carbonyl (C=O) groups is 1. The Labute approximate surface area is 169 Å². The first kappa shape index (κ1) is 20.8. The van der Waals surface area contributed by atoms with Gasteiger partial charge in [-0.15, -0.1) is 0 Å². The smallest absolute Gasteiger partial charge is 0.316 e. The van der Waals surface area contributed by atoms with Gasteiger partial charge in [0, 0.05) is 38.9 Å². The minimum Gasteiger partial charge on any atom is -0.468 e. The highest BCUT2D eigenvalue weighted by Crippen LogP contribution is 2.21. The third kappa shape index (κ3) is 5.32. The number of pyridine rings is 1. The molecule has 150 valence electrons. The zero-order chi connectivity index (χ0) is 20.0. The number of ether oxygens (including phenoxy) is 1. The Bertz CT molecular complexity index is 881. The Hall–Kier alpha value is -1.94. The van der Waals surface area contributed by atoms with Crippen LogP contribution >= 0.6 is 11.8 Å². The molecule has 28 heavy (non-hydrogen) atoms. The van der Waals surface area contributed by atoms with Gasteiger partial charge in [-0.05, 0) is 17.7 Å². The van der Waals surface area contributed by atoms with Crippen molar-refractivity contribution in [1.82, 2.24) is 14.2 Å². The molecule has 0 saturated carbocycles. The first-order chi connectivity index (χ1) is 13.5. The highest BCUT2D eigenvalue weighted by Gasteiger charge is 2.28. The SMILES string of the molecule is COC(=O)CSc1ccc(S(=O)(=O)N2CCN(Cc3ccccc3)CC2)cn1. The predicted molar refractivity (Wildman–Crippen MR) is 107 cm³/mol. The van der Waals surface area contributed by atoms with E-state index < -0.39 is 10.0 Å². The summed E-state index contributed by atoms with van der Waals surface area (Å²) in [6, 6.07) is 13.3. The average Bonchev–Trinajstić information content (AvgIpc) is 2.73. The van der Waals surface area contributed by atoms with E-state index in [1.165, 1.54) is 41.0 Å². The highest BCUT2D eigenvalue weighted by molar-refractivity contribution is 7.99. The molecule has 0 bridgehead atoms. The third-order valence-electron chi connectivity index (χ3n) is 4.49. The second kappa shape index (κ2) is 9.51. The van der Waals surface area contributed by atoms with Crippen molar-refractivity contribution >= 4 is 27.8 Å². The summed E-state index contributed by atoms with van der Waals surface area (Å²) in [6.45, 7) is 3.10. The fourth-order valence-corrected chi connectivity index (χ4v) is 4.96. The fraction of sp³-hybridized carbons (Fsp3) is 0.368. The van der Waals surface area contributed by atoms with E-state index in [1.54, 1.807) is 6.07 Å². The van der Waals surface area contributed by atoms with Crippen LogP contribution in [0.1, 0.15) is 5.56 Å². The molecular formula is C19H23N3O4S2. The number of piperazine rings is 1. The zero-order valence-corrected chi connectivity index (χ0v) is 17.3. The van der Waals surface area contributed by atoms with E-state index in [4.69, 9.17) is 0 Å². The van der Waals surface area contributed by atoms with E-state index in [0.29, 0.717) is 31.2 Å². The Morgan fingerprint density at radius 1 is 1.11 bits per heavy atom. The molecule has 1 aliphatic heterocycles. The molecule has 9 heteroatoms. The van der Waals surface area contributed by atoms with E-state index >= 15 is 0 Å². The van der Waals surface area contributed by atoms with Crippen LogP contribution in [0.25, 0.3) is 0 Å². The molecule has 0 spiro atoms. The van der Waals surface area contributed by atoms with Gasteiger partial charge >= 0.3 is 5.97 Å². The standard InChI is InChI=1S/C19H23N3O4S2/c1-26-19(23)15-27-18-8-7-17(13-20-18)28(24,25)22-11-9-21(10-12-22)14-16-5-3-2-4-6-16/h2-8,13H,9-12,14-15H2,1H3. The summed E-state index contributed by atoms with van der Waals surface area (Å²) in [5.41, 5.74) is 1.23. The Kier molecular flexibility index (Phi) is 7.06. The molecule has 7 nitrogen and oxygen atoms in total. The lowest BCUT2D eigenvalue weighted by atomic mass is 10.2. The third-order valence-corrected chi connectivity index (χ3v) is 7.29. The number of carbonyl (C=O) groups excluding carboxylic acids is 1. The van der Waals surface area contributed by atoms with Gasteiger partial charge in [0.05, 0.1) is 17.9 Å². The molecule has 3 rings (SSSR count). The first-order valence-corrected chi connectivity index (χ1v) is 11.3. The molecular weight excluding hydrogens is 398 g/mol. The number of hydrogen-bond acceptors (Lipinski definition) is 7. The molecule has 2 aromatic rings. The molecule has 0 amide bonds. The first-order valence-electron chi connectivity index (χ1n) is 8.91. The van der Waals surface area contributed by atoms with E-state index in [9.17, 15) is 13.2 Å². The summed E-state index contributed by atoms with van der Waals surface area (Å²) < 4.78 is 31.8. The van der Waals surface area contributed by atoms with Crippen LogP contribution in [0.3, 0.4) is 0 Å². The number of nitrogens with zero attached hydrogens (tertiary/aromatic N) is 3. The van der Waals surface area contributed by atoms with Crippen molar-refractivity contribution < 1.29 is 17.9 Å². The minimum atomic E-state index is -3.57. The van der Waals surface area contributed by atoms with Gasteiger partial charge < -0.3 is 4.74 Å². The van der Waals surface area contributed by atoms with Gasteiger partial charge in [-0.25, -0.2) is 13.4 Å². The lowest BCUT2D eigenvalue weighted by Gasteiger charge is -2.33. The fourth-order valence-electron chi connectivity index (χ4n) is 2.92. The van der Waals surface area contributed by atoms with Gasteiger partial charge in [0.2, 0.25) is 10.0 Å². The van der Waals surface area contributed by atoms with Crippen molar-refractivity contribution in [2.45, 2.75) is 16.5 Å². The van der Waals surface area contributed by atoms with Gasteiger partial charge in [0.25, 0.3) is 0 Å². The van der Waals surface area contributed by atoms with Crippen molar-refractivity contribution in [3.05, 3.63) is 54.2 Å². The Balaban J connectivity index is 1.57. The molecule has 0 aliphatic carbocycles. The van der Waals surface area contributed by atoms with E-state index in [-0.39, 0.29) is 16.6 Å². The number of methoxy groups -OCH3 is 1. The molecule has 0 atom stereocenters. The molecule has 1 fully saturated rings. The summed E-state index contributed by atoms with van der Waals surface area (Å²) in [5.74, 6) is -0.212. The van der Waals surface area contributed by atoms with Crippen LogP contribution in [-0.2, 0) is 26.1 Å². The largest absolute Gasteiger partial charge is 0.468 e. The Morgan fingerprint density at radius 3 is 2.43 bits per heavy atom. The number of aromatic nitrogens is 1. The van der Waals surface area contributed by atoms with Gasteiger partial charge in [-0.1, -0.05) is 42.1 Å². The van der Waals surface area contributed by atoms with Crippen LogP contribution in [0.4, 0.5) is 0 Å². The molecule has 1 aromatic heterocycles. The maximum atomic E-state index is 12.9. The van der Waals surface area contributed by atoms with Crippen molar-refractivity contribution in [3.8, 4) is 0 Å². The summed E-state index contributed by atoms with van der Waals surface area (Å²) >= 11 is 1.21. The maximum Gasteiger partial charge on any atom is 0.316 e. The van der Waals surface area contributed by atoms with Crippen molar-refractivity contribution in [1.29, 1.82) is 0 Å². The summed E-state index contributed by atoms with van der Waals surface area (Å²) in [5, 5.41) is 0.581. The van der Waals surface area contributed by atoms with E-state index in [1.807, 2.05) is 18.2 Å². The topological polar surface area (TPSA) is 79.8 Å². The number of sulfonamides is 1. The van der Waals surface area contributed by atoms with Gasteiger partial charge in [-0.2, -0.15) is 4.31 Å². The number of hydrogen-bond donors (Lipinski definition) is 0. The Morgan fingerprint density at radius 2 is 1.82 bits per heavy atom. The predicted octanol–water partition coefficient (Wildman–Crippen LogP) is 1.85. The van der Waals surface area contributed by atoms with Crippen LogP contribution in [0.15, 0.2) is 58.6 Å². The van der Waals surface area contributed by atoms with Crippen LogP contribution in [-0.4, -0.2) is 67.6 Å². The van der Waals surface area contributed by atoms with Crippen LogP contribution < -0.4 is 0 Å². The molecule has 1 aromatic carbocycles. The van der Waals surface area contributed by atoms with Crippen LogP contribution in [0, 0.1) is 0 Å². The maximum absolute atomic E-state index is 12.9. The second-order valence-corrected chi connectivity index (χ2v) is 9.30. The lowest BCUT2D eigenvalue weighted by molar-refractivity contribution is -0.137. The average molecular weight is 422 g/mol. The normalized spacial score (nSPS) is 16.0. The summed E-state index contributed by atoms with van der Waals surface area (Å²) in [6.07, 6.45) is 1.35. The number of benzene rings is 1. The van der Waals surface area contributed by atoms with Gasteiger partial charge in [0.15, 0.2) is 0 Å². The molecule has 1 aliphatic rings. The quantitative estimate of drug-likeness (QED) is 0.499.